The van der Waals surface area contributed by atoms with Crippen molar-refractivity contribution in [2.75, 3.05) is 45.6 Å². The summed E-state index contributed by atoms with van der Waals surface area (Å²) in [4.78, 5) is 14.3. The maximum absolute atomic E-state index is 12.8. The van der Waals surface area contributed by atoms with Crippen LogP contribution in [0.15, 0.2) is 53.4 Å². The first kappa shape index (κ1) is 20.7. The van der Waals surface area contributed by atoms with E-state index in [1.54, 1.807) is 36.4 Å². The van der Waals surface area contributed by atoms with Crippen LogP contribution in [-0.2, 0) is 10.0 Å². The maximum atomic E-state index is 12.8. The summed E-state index contributed by atoms with van der Waals surface area (Å²) in [6, 6.07) is 12.6. The molecule has 7 nitrogen and oxygen atoms in total. The number of carbonyl (C=O) groups is 1. The molecule has 1 amide bonds. The molecule has 27 heavy (non-hydrogen) atoms. The molecule has 0 aliphatic rings. The highest BCUT2D eigenvalue weighted by atomic mass is 32.2. The number of likely N-dealkylation sites (N-methyl/N-ethyl adjacent to an activating group) is 1. The Labute approximate surface area is 160 Å². The van der Waals surface area contributed by atoms with Gasteiger partial charge in [-0.25, -0.2) is 8.42 Å². The number of hydrogen-bond donors (Lipinski definition) is 1. The zero-order valence-electron chi connectivity index (χ0n) is 16.0. The van der Waals surface area contributed by atoms with Crippen LogP contribution in [0.3, 0.4) is 0 Å². The number of hydrogen-bond acceptors (Lipinski definition) is 5. The summed E-state index contributed by atoms with van der Waals surface area (Å²) in [5.74, 6) is 0.394. The van der Waals surface area contributed by atoms with Crippen LogP contribution in [0.25, 0.3) is 0 Å². The van der Waals surface area contributed by atoms with Gasteiger partial charge in [-0.15, -0.1) is 0 Å². The van der Waals surface area contributed by atoms with E-state index in [4.69, 9.17) is 4.74 Å². The van der Waals surface area contributed by atoms with Gasteiger partial charge in [0, 0.05) is 25.7 Å². The normalized spacial score (nSPS) is 11.3. The fraction of sp³-hybridized carbons (Fsp3) is 0.316. The third-order valence-electron chi connectivity index (χ3n) is 4.06. The van der Waals surface area contributed by atoms with E-state index in [-0.39, 0.29) is 10.8 Å². The lowest BCUT2D eigenvalue weighted by Gasteiger charge is -2.20. The van der Waals surface area contributed by atoms with E-state index in [1.165, 1.54) is 30.6 Å². The lowest BCUT2D eigenvalue weighted by atomic mass is 10.2. The molecule has 0 saturated heterocycles. The minimum absolute atomic E-state index is 0.163. The largest absolute Gasteiger partial charge is 0.497 e. The Bertz CT molecular complexity index is 863. The number of anilines is 1. The van der Waals surface area contributed by atoms with Crippen molar-refractivity contribution in [3.63, 3.8) is 0 Å². The van der Waals surface area contributed by atoms with Gasteiger partial charge in [0.1, 0.15) is 5.75 Å². The molecule has 146 valence electrons. The van der Waals surface area contributed by atoms with Gasteiger partial charge in [-0.3, -0.25) is 9.10 Å². The summed E-state index contributed by atoms with van der Waals surface area (Å²) in [5.41, 5.74) is 0.948. The summed E-state index contributed by atoms with van der Waals surface area (Å²) in [5, 5.41) is 2.82. The van der Waals surface area contributed by atoms with Crippen LogP contribution in [0.2, 0.25) is 0 Å². The van der Waals surface area contributed by atoms with Gasteiger partial charge in [0.25, 0.3) is 15.9 Å². The fourth-order valence-corrected chi connectivity index (χ4v) is 3.56. The van der Waals surface area contributed by atoms with Gasteiger partial charge >= 0.3 is 0 Å². The van der Waals surface area contributed by atoms with Gasteiger partial charge in [-0.1, -0.05) is 0 Å². The first-order valence-electron chi connectivity index (χ1n) is 8.41. The average molecular weight is 391 g/mol. The molecule has 2 rings (SSSR count). The predicted octanol–water partition coefficient (Wildman–Crippen LogP) is 1.81. The van der Waals surface area contributed by atoms with Crippen molar-refractivity contribution in [3.05, 3.63) is 54.1 Å². The van der Waals surface area contributed by atoms with Gasteiger partial charge in [-0.2, -0.15) is 0 Å². The van der Waals surface area contributed by atoms with Crippen LogP contribution in [0.4, 0.5) is 5.69 Å². The number of carbonyl (C=O) groups excluding carboxylic acids is 1. The Balaban J connectivity index is 2.11. The van der Waals surface area contributed by atoms with Gasteiger partial charge in [-0.05, 0) is 62.6 Å². The minimum atomic E-state index is -3.70. The smallest absolute Gasteiger partial charge is 0.264 e. The van der Waals surface area contributed by atoms with Crippen molar-refractivity contribution in [2.45, 2.75) is 4.90 Å². The van der Waals surface area contributed by atoms with Crippen molar-refractivity contribution in [1.29, 1.82) is 0 Å². The molecular formula is C19H25N3O4S. The van der Waals surface area contributed by atoms with Gasteiger partial charge in [0.05, 0.1) is 17.7 Å². The fourth-order valence-electron chi connectivity index (χ4n) is 2.36. The summed E-state index contributed by atoms with van der Waals surface area (Å²) in [6.07, 6.45) is 0. The molecule has 0 saturated carbocycles. The van der Waals surface area contributed by atoms with E-state index >= 15 is 0 Å². The Morgan fingerprint density at radius 2 is 1.59 bits per heavy atom. The lowest BCUT2D eigenvalue weighted by Crippen LogP contribution is -2.31. The number of sulfonamides is 1. The molecule has 0 heterocycles. The quantitative estimate of drug-likeness (QED) is 0.743. The number of nitrogens with one attached hydrogen (secondary N) is 1. The molecule has 0 fully saturated rings. The SMILES string of the molecule is COc1ccc(S(=O)(=O)N(C)c2ccc(C(=O)NCCN(C)C)cc2)cc1. The molecule has 0 radical (unpaired) electrons. The summed E-state index contributed by atoms with van der Waals surface area (Å²) in [7, 11) is 3.16. The van der Waals surface area contributed by atoms with E-state index < -0.39 is 10.0 Å². The topological polar surface area (TPSA) is 79.0 Å². The second-order valence-electron chi connectivity index (χ2n) is 6.25. The lowest BCUT2D eigenvalue weighted by molar-refractivity contribution is 0.0951. The summed E-state index contributed by atoms with van der Waals surface area (Å²) in [6.45, 7) is 1.28. The Kier molecular flexibility index (Phi) is 6.81. The standard InChI is InChI=1S/C19H25N3O4S/c1-21(2)14-13-20-19(23)15-5-7-16(8-6-15)22(3)27(24,25)18-11-9-17(26-4)10-12-18/h5-12H,13-14H2,1-4H3,(H,20,23). The number of amides is 1. The minimum Gasteiger partial charge on any atom is -0.497 e. The predicted molar refractivity (Wildman–Crippen MR) is 106 cm³/mol. The Hall–Kier alpha value is -2.58. The molecule has 1 N–H and O–H groups in total. The van der Waals surface area contributed by atoms with Crippen LogP contribution < -0.4 is 14.4 Å². The number of benzene rings is 2. The first-order chi connectivity index (χ1) is 12.8. The number of nitrogens with zero attached hydrogens (tertiary/aromatic N) is 2. The van der Waals surface area contributed by atoms with Crippen LogP contribution in [0, 0.1) is 0 Å². The highest BCUT2D eigenvalue weighted by Crippen LogP contribution is 2.24. The number of ether oxygens (including phenoxy) is 1. The van der Waals surface area contributed by atoms with Crippen molar-refractivity contribution < 1.29 is 17.9 Å². The van der Waals surface area contributed by atoms with E-state index in [0.717, 1.165) is 6.54 Å². The summed E-state index contributed by atoms with van der Waals surface area (Å²) < 4.78 is 31.8. The number of rotatable bonds is 8. The second kappa shape index (κ2) is 8.88. The molecule has 0 aliphatic carbocycles. The Morgan fingerprint density at radius 1 is 1.00 bits per heavy atom. The van der Waals surface area contributed by atoms with Crippen LogP contribution in [0.1, 0.15) is 10.4 Å². The third kappa shape index (κ3) is 5.21. The van der Waals surface area contributed by atoms with Gasteiger partial charge in [0.2, 0.25) is 0 Å². The summed E-state index contributed by atoms with van der Waals surface area (Å²) >= 11 is 0. The molecule has 0 aliphatic heterocycles. The van der Waals surface area contributed by atoms with Crippen LogP contribution in [0.5, 0.6) is 5.75 Å². The molecule has 0 atom stereocenters. The van der Waals surface area contributed by atoms with E-state index in [9.17, 15) is 13.2 Å². The van der Waals surface area contributed by atoms with Gasteiger partial charge < -0.3 is 15.0 Å². The van der Waals surface area contributed by atoms with Crippen molar-refractivity contribution in [2.24, 2.45) is 0 Å². The monoisotopic (exact) mass is 391 g/mol. The highest BCUT2D eigenvalue weighted by molar-refractivity contribution is 7.92. The van der Waals surface area contributed by atoms with E-state index in [0.29, 0.717) is 23.5 Å². The van der Waals surface area contributed by atoms with Crippen LogP contribution in [-0.4, -0.2) is 60.6 Å². The van der Waals surface area contributed by atoms with Crippen molar-refractivity contribution in [3.8, 4) is 5.75 Å². The van der Waals surface area contributed by atoms with E-state index in [1.807, 2.05) is 19.0 Å². The average Bonchev–Trinajstić information content (AvgIpc) is 2.67. The molecule has 2 aromatic rings. The molecule has 8 heteroatoms. The third-order valence-corrected chi connectivity index (χ3v) is 5.86. The molecule has 0 spiro atoms. The Morgan fingerprint density at radius 3 is 2.11 bits per heavy atom. The van der Waals surface area contributed by atoms with Crippen molar-refractivity contribution in [1.82, 2.24) is 10.2 Å². The number of methoxy groups -OCH3 is 1. The molecule has 0 bridgehead atoms. The zero-order valence-corrected chi connectivity index (χ0v) is 16.8. The molecular weight excluding hydrogens is 366 g/mol. The van der Waals surface area contributed by atoms with Crippen molar-refractivity contribution >= 4 is 21.6 Å². The highest BCUT2D eigenvalue weighted by Gasteiger charge is 2.21. The molecule has 0 aromatic heterocycles. The van der Waals surface area contributed by atoms with Gasteiger partial charge in [0.15, 0.2) is 0 Å². The first-order valence-corrected chi connectivity index (χ1v) is 9.85. The second-order valence-corrected chi connectivity index (χ2v) is 8.22. The maximum Gasteiger partial charge on any atom is 0.264 e. The zero-order chi connectivity index (χ0) is 20.0. The molecule has 0 unspecified atom stereocenters. The van der Waals surface area contributed by atoms with Crippen LogP contribution >= 0.6 is 0 Å². The van der Waals surface area contributed by atoms with E-state index in [2.05, 4.69) is 5.32 Å². The molecule has 2 aromatic carbocycles.